The highest BCUT2D eigenvalue weighted by atomic mass is 16.5. The smallest absolute Gasteiger partial charge is 0.119 e. The summed E-state index contributed by atoms with van der Waals surface area (Å²) in [6.45, 7) is 6.56. The molecule has 0 radical (unpaired) electrons. The van der Waals surface area contributed by atoms with Gasteiger partial charge in [-0.1, -0.05) is 32.9 Å². The first-order valence-corrected chi connectivity index (χ1v) is 6.69. The van der Waals surface area contributed by atoms with Gasteiger partial charge in [0, 0.05) is 12.1 Å². The molecule has 0 saturated heterocycles. The van der Waals surface area contributed by atoms with Crippen LogP contribution >= 0.6 is 0 Å². The van der Waals surface area contributed by atoms with Gasteiger partial charge < -0.3 is 10.1 Å². The van der Waals surface area contributed by atoms with Crippen molar-refractivity contribution >= 4 is 0 Å². The molecule has 2 nitrogen and oxygen atoms in total. The SMILES string of the molecule is CCc1cccc(OC2CC(NC(C)C)C2)c1. The summed E-state index contributed by atoms with van der Waals surface area (Å²) in [7, 11) is 0. The molecule has 0 atom stereocenters. The van der Waals surface area contributed by atoms with Gasteiger partial charge in [0.25, 0.3) is 0 Å². The van der Waals surface area contributed by atoms with E-state index in [4.69, 9.17) is 4.74 Å². The van der Waals surface area contributed by atoms with Gasteiger partial charge >= 0.3 is 0 Å². The van der Waals surface area contributed by atoms with Gasteiger partial charge in [-0.25, -0.2) is 0 Å². The molecule has 1 N–H and O–H groups in total. The molecule has 0 unspecified atom stereocenters. The lowest BCUT2D eigenvalue weighted by Crippen LogP contribution is -2.49. The van der Waals surface area contributed by atoms with Crippen molar-refractivity contribution in [1.29, 1.82) is 0 Å². The second kappa shape index (κ2) is 5.54. The number of rotatable bonds is 5. The molecule has 1 aromatic carbocycles. The summed E-state index contributed by atoms with van der Waals surface area (Å²) < 4.78 is 5.96. The number of hydrogen-bond acceptors (Lipinski definition) is 2. The van der Waals surface area contributed by atoms with E-state index in [1.807, 2.05) is 0 Å². The molecule has 1 saturated carbocycles. The number of benzene rings is 1. The van der Waals surface area contributed by atoms with E-state index >= 15 is 0 Å². The molecule has 2 rings (SSSR count). The molecule has 1 aromatic rings. The third-order valence-corrected chi connectivity index (χ3v) is 3.27. The van der Waals surface area contributed by atoms with E-state index in [0.717, 1.165) is 25.0 Å². The van der Waals surface area contributed by atoms with Crippen LogP contribution in [0.15, 0.2) is 24.3 Å². The lowest BCUT2D eigenvalue weighted by Gasteiger charge is -2.37. The standard InChI is InChI=1S/C15H23NO/c1-4-12-6-5-7-14(8-12)17-15-9-13(10-15)16-11(2)3/h5-8,11,13,15-16H,4,9-10H2,1-3H3. The Kier molecular flexibility index (Phi) is 4.06. The molecule has 1 aliphatic carbocycles. The lowest BCUT2D eigenvalue weighted by molar-refractivity contribution is 0.0814. The summed E-state index contributed by atoms with van der Waals surface area (Å²) in [5.41, 5.74) is 1.35. The largest absolute Gasteiger partial charge is 0.490 e. The zero-order valence-electron chi connectivity index (χ0n) is 11.1. The molecule has 0 bridgehead atoms. The highest BCUT2D eigenvalue weighted by Gasteiger charge is 2.30. The van der Waals surface area contributed by atoms with Crippen molar-refractivity contribution in [1.82, 2.24) is 5.32 Å². The van der Waals surface area contributed by atoms with Gasteiger partial charge in [0.2, 0.25) is 0 Å². The number of ether oxygens (including phenoxy) is 1. The van der Waals surface area contributed by atoms with E-state index in [1.54, 1.807) is 0 Å². The fraction of sp³-hybridized carbons (Fsp3) is 0.600. The second-order valence-electron chi connectivity index (χ2n) is 5.23. The zero-order valence-corrected chi connectivity index (χ0v) is 11.1. The maximum atomic E-state index is 5.96. The molecule has 17 heavy (non-hydrogen) atoms. The fourth-order valence-electron chi connectivity index (χ4n) is 2.30. The zero-order chi connectivity index (χ0) is 12.3. The monoisotopic (exact) mass is 233 g/mol. The molecule has 1 aliphatic rings. The van der Waals surface area contributed by atoms with Gasteiger partial charge in [0.1, 0.15) is 11.9 Å². The highest BCUT2D eigenvalue weighted by Crippen LogP contribution is 2.26. The molecule has 94 valence electrons. The summed E-state index contributed by atoms with van der Waals surface area (Å²) in [6.07, 6.45) is 3.74. The average Bonchev–Trinajstić information content (AvgIpc) is 2.26. The van der Waals surface area contributed by atoms with Crippen LogP contribution in [-0.4, -0.2) is 18.2 Å². The molecule has 0 amide bonds. The Morgan fingerprint density at radius 3 is 2.76 bits per heavy atom. The van der Waals surface area contributed by atoms with Crippen molar-refractivity contribution in [2.45, 2.75) is 58.2 Å². The predicted molar refractivity (Wildman–Crippen MR) is 71.5 cm³/mol. The third kappa shape index (κ3) is 3.47. The van der Waals surface area contributed by atoms with E-state index < -0.39 is 0 Å². The number of nitrogens with one attached hydrogen (secondary N) is 1. The second-order valence-corrected chi connectivity index (χ2v) is 5.23. The van der Waals surface area contributed by atoms with E-state index in [2.05, 4.69) is 50.4 Å². The van der Waals surface area contributed by atoms with E-state index in [0.29, 0.717) is 18.2 Å². The molecule has 0 aliphatic heterocycles. The van der Waals surface area contributed by atoms with Crippen LogP contribution in [0.2, 0.25) is 0 Å². The molecule has 0 aromatic heterocycles. The van der Waals surface area contributed by atoms with Crippen LogP contribution in [0.3, 0.4) is 0 Å². The molecular weight excluding hydrogens is 210 g/mol. The Labute approximate surface area is 104 Å². The summed E-state index contributed by atoms with van der Waals surface area (Å²) >= 11 is 0. The molecule has 2 heteroatoms. The van der Waals surface area contributed by atoms with Gasteiger partial charge in [-0.2, -0.15) is 0 Å². The minimum absolute atomic E-state index is 0.401. The van der Waals surface area contributed by atoms with Crippen molar-refractivity contribution in [2.75, 3.05) is 0 Å². The van der Waals surface area contributed by atoms with Crippen molar-refractivity contribution < 1.29 is 4.74 Å². The minimum atomic E-state index is 0.401. The molecule has 0 spiro atoms. The highest BCUT2D eigenvalue weighted by molar-refractivity contribution is 5.28. The Morgan fingerprint density at radius 1 is 1.35 bits per heavy atom. The van der Waals surface area contributed by atoms with Crippen molar-refractivity contribution in [2.24, 2.45) is 0 Å². The van der Waals surface area contributed by atoms with E-state index in [9.17, 15) is 0 Å². The van der Waals surface area contributed by atoms with Crippen LogP contribution in [0, 0.1) is 0 Å². The topological polar surface area (TPSA) is 21.3 Å². The minimum Gasteiger partial charge on any atom is -0.490 e. The Hall–Kier alpha value is -1.02. The van der Waals surface area contributed by atoms with Crippen LogP contribution in [0.4, 0.5) is 0 Å². The van der Waals surface area contributed by atoms with Gasteiger partial charge in [-0.05, 0) is 37.0 Å². The van der Waals surface area contributed by atoms with Crippen LogP contribution in [0.25, 0.3) is 0 Å². The van der Waals surface area contributed by atoms with Gasteiger partial charge in [0.05, 0.1) is 0 Å². The summed E-state index contributed by atoms with van der Waals surface area (Å²) in [4.78, 5) is 0. The molecule has 0 heterocycles. The van der Waals surface area contributed by atoms with Gasteiger partial charge in [0.15, 0.2) is 0 Å². The quantitative estimate of drug-likeness (QED) is 0.843. The summed E-state index contributed by atoms with van der Waals surface area (Å²) in [5.74, 6) is 1.03. The summed E-state index contributed by atoms with van der Waals surface area (Å²) in [6, 6.07) is 9.66. The van der Waals surface area contributed by atoms with Gasteiger partial charge in [-0.15, -0.1) is 0 Å². The Morgan fingerprint density at radius 2 is 2.12 bits per heavy atom. The average molecular weight is 233 g/mol. The van der Waals surface area contributed by atoms with Crippen LogP contribution in [0.1, 0.15) is 39.2 Å². The molecule has 1 fully saturated rings. The number of aryl methyl sites for hydroxylation is 1. The fourth-order valence-corrected chi connectivity index (χ4v) is 2.30. The first-order chi connectivity index (χ1) is 8.17. The van der Waals surface area contributed by atoms with Gasteiger partial charge in [-0.3, -0.25) is 0 Å². The maximum absolute atomic E-state index is 5.96. The number of hydrogen-bond donors (Lipinski definition) is 1. The maximum Gasteiger partial charge on any atom is 0.119 e. The van der Waals surface area contributed by atoms with Crippen LogP contribution in [-0.2, 0) is 6.42 Å². The van der Waals surface area contributed by atoms with Crippen LogP contribution < -0.4 is 10.1 Å². The summed E-state index contributed by atoms with van der Waals surface area (Å²) in [5, 5.41) is 3.54. The predicted octanol–water partition coefficient (Wildman–Crippen LogP) is 3.16. The van der Waals surface area contributed by atoms with Crippen molar-refractivity contribution in [3.05, 3.63) is 29.8 Å². The van der Waals surface area contributed by atoms with E-state index in [-0.39, 0.29) is 0 Å². The first kappa shape index (κ1) is 12.4. The first-order valence-electron chi connectivity index (χ1n) is 6.69. The third-order valence-electron chi connectivity index (χ3n) is 3.27. The van der Waals surface area contributed by atoms with Crippen molar-refractivity contribution in [3.63, 3.8) is 0 Å². The van der Waals surface area contributed by atoms with Crippen LogP contribution in [0.5, 0.6) is 5.75 Å². The lowest BCUT2D eigenvalue weighted by atomic mass is 9.88. The van der Waals surface area contributed by atoms with Crippen molar-refractivity contribution in [3.8, 4) is 5.75 Å². The molecular formula is C15H23NO. The Bertz CT molecular complexity index is 356. The Balaban J connectivity index is 1.79. The normalized spacial score (nSPS) is 23.5. The van der Waals surface area contributed by atoms with E-state index in [1.165, 1.54) is 5.56 Å².